The Kier molecular flexibility index (Phi) is 2.66. The molecular formula is C7H12N2O4S. The predicted octanol–water partition coefficient (Wildman–Crippen LogP) is -0.0844. The van der Waals surface area contributed by atoms with Crippen LogP contribution in [0, 0.1) is 13.8 Å². The number of hydrogen-bond acceptors (Lipinski definition) is 4. The molecule has 1 aromatic rings. The van der Waals surface area contributed by atoms with Gasteiger partial charge in [0.15, 0.2) is 0 Å². The minimum absolute atomic E-state index is 0.134. The molecule has 0 spiro atoms. The largest absolute Gasteiger partial charge is 0.371 e. The van der Waals surface area contributed by atoms with Crippen LogP contribution in [-0.4, -0.2) is 27.9 Å². The van der Waals surface area contributed by atoms with Crippen LogP contribution < -0.4 is 0 Å². The molecule has 0 saturated heterocycles. The summed E-state index contributed by atoms with van der Waals surface area (Å²) in [6.45, 7) is 3.18. The Morgan fingerprint density at radius 1 is 1.43 bits per heavy atom. The lowest BCUT2D eigenvalue weighted by atomic mass is 10.2. The van der Waals surface area contributed by atoms with Crippen LogP contribution >= 0.6 is 0 Å². The van der Waals surface area contributed by atoms with E-state index in [0.29, 0.717) is 11.4 Å². The lowest BCUT2D eigenvalue weighted by molar-refractivity contribution is 0.237. The molecular weight excluding hydrogens is 208 g/mol. The quantitative estimate of drug-likeness (QED) is 0.680. The van der Waals surface area contributed by atoms with Crippen molar-refractivity contribution in [3.05, 3.63) is 17.0 Å². The van der Waals surface area contributed by atoms with E-state index >= 15 is 0 Å². The molecule has 0 aromatic carbocycles. The Hall–Kier alpha value is -0.920. The number of aliphatic hydroxyl groups excluding tert-OH is 1. The molecule has 6 nitrogen and oxygen atoms in total. The summed E-state index contributed by atoms with van der Waals surface area (Å²) in [5.41, 5.74) is -0.894. The highest BCUT2D eigenvalue weighted by molar-refractivity contribution is 7.85. The molecule has 0 amide bonds. The zero-order valence-corrected chi connectivity index (χ0v) is 8.91. The average molecular weight is 220 g/mol. The van der Waals surface area contributed by atoms with Gasteiger partial charge in [-0.05, 0) is 13.8 Å². The molecule has 1 atom stereocenters. The van der Waals surface area contributed by atoms with Crippen LogP contribution in [0.5, 0.6) is 0 Å². The van der Waals surface area contributed by atoms with Crippen molar-refractivity contribution in [2.75, 3.05) is 0 Å². The van der Waals surface area contributed by atoms with E-state index in [1.165, 1.54) is 4.68 Å². The van der Waals surface area contributed by atoms with Crippen LogP contribution in [0.2, 0.25) is 0 Å². The minimum atomic E-state index is -4.49. The van der Waals surface area contributed by atoms with Crippen molar-refractivity contribution in [3.8, 4) is 0 Å². The van der Waals surface area contributed by atoms with Gasteiger partial charge in [-0.3, -0.25) is 9.23 Å². The number of aliphatic hydroxyl groups is 1. The first-order chi connectivity index (χ1) is 6.25. The Bertz CT molecular complexity index is 449. The molecule has 1 rings (SSSR count). The number of aromatic nitrogens is 2. The minimum Gasteiger partial charge on any atom is -0.371 e. The van der Waals surface area contributed by atoms with Gasteiger partial charge >= 0.3 is 0 Å². The third kappa shape index (κ3) is 1.79. The molecule has 1 aromatic heterocycles. The van der Waals surface area contributed by atoms with Crippen LogP contribution in [-0.2, 0) is 17.2 Å². The van der Waals surface area contributed by atoms with E-state index in [1.807, 2.05) is 0 Å². The van der Waals surface area contributed by atoms with Gasteiger partial charge in [-0.15, -0.1) is 0 Å². The van der Waals surface area contributed by atoms with Crippen molar-refractivity contribution >= 4 is 10.1 Å². The molecule has 1 heterocycles. The van der Waals surface area contributed by atoms with Gasteiger partial charge in [-0.25, -0.2) is 0 Å². The van der Waals surface area contributed by atoms with Gasteiger partial charge in [0.2, 0.25) is 5.44 Å². The van der Waals surface area contributed by atoms with Crippen molar-refractivity contribution < 1.29 is 18.1 Å². The monoisotopic (exact) mass is 220 g/mol. The highest BCUT2D eigenvalue weighted by atomic mass is 32.2. The van der Waals surface area contributed by atoms with Crippen molar-refractivity contribution in [1.29, 1.82) is 0 Å². The van der Waals surface area contributed by atoms with E-state index in [0.717, 1.165) is 0 Å². The fourth-order valence-electron chi connectivity index (χ4n) is 1.30. The lowest BCUT2D eigenvalue weighted by Crippen LogP contribution is -2.13. The van der Waals surface area contributed by atoms with Crippen molar-refractivity contribution in [1.82, 2.24) is 9.78 Å². The van der Waals surface area contributed by atoms with E-state index in [9.17, 15) is 13.5 Å². The molecule has 0 aliphatic rings. The molecule has 2 N–H and O–H groups in total. The summed E-state index contributed by atoms with van der Waals surface area (Å²) in [6, 6.07) is 0. The number of rotatable bonds is 2. The first-order valence-corrected chi connectivity index (χ1v) is 5.40. The van der Waals surface area contributed by atoms with Crippen LogP contribution in [0.25, 0.3) is 0 Å². The zero-order valence-electron chi connectivity index (χ0n) is 8.09. The highest BCUT2D eigenvalue weighted by Gasteiger charge is 2.27. The molecule has 1 unspecified atom stereocenters. The Labute approximate surface area is 81.9 Å². The topological polar surface area (TPSA) is 92.4 Å². The summed E-state index contributed by atoms with van der Waals surface area (Å²) in [6.07, 6.45) is 0. The Morgan fingerprint density at radius 3 is 2.21 bits per heavy atom. The fraction of sp³-hybridized carbons (Fsp3) is 0.571. The number of nitrogens with zero attached hydrogens (tertiary/aromatic N) is 2. The van der Waals surface area contributed by atoms with E-state index in [-0.39, 0.29) is 5.56 Å². The first-order valence-electron chi connectivity index (χ1n) is 3.89. The maximum absolute atomic E-state index is 10.7. The van der Waals surface area contributed by atoms with Crippen LogP contribution in [0.1, 0.15) is 22.4 Å². The second kappa shape index (κ2) is 3.34. The van der Waals surface area contributed by atoms with E-state index < -0.39 is 15.6 Å². The SMILES string of the molecule is Cc1nn(C)c(C)c1C(O)S(=O)(=O)O. The zero-order chi connectivity index (χ0) is 11.1. The lowest BCUT2D eigenvalue weighted by Gasteiger charge is -2.07. The molecule has 0 radical (unpaired) electrons. The summed E-state index contributed by atoms with van der Waals surface area (Å²) in [5.74, 6) is 0. The average Bonchev–Trinajstić information content (AvgIpc) is 2.24. The molecule has 0 fully saturated rings. The molecule has 80 valence electrons. The van der Waals surface area contributed by atoms with Crippen molar-refractivity contribution in [3.63, 3.8) is 0 Å². The smallest absolute Gasteiger partial charge is 0.296 e. The highest BCUT2D eigenvalue weighted by Crippen LogP contribution is 2.24. The predicted molar refractivity (Wildman–Crippen MR) is 49.2 cm³/mol. The van der Waals surface area contributed by atoms with Crippen molar-refractivity contribution in [2.24, 2.45) is 7.05 Å². The Morgan fingerprint density at radius 2 is 1.93 bits per heavy atom. The van der Waals surface area contributed by atoms with Crippen LogP contribution in [0.3, 0.4) is 0 Å². The standard InChI is InChI=1S/C7H12N2O4S/c1-4-6(5(2)9(3)8-4)7(10)14(11,12)13/h7,10H,1-3H3,(H,11,12,13). The summed E-state index contributed by atoms with van der Waals surface area (Å²) >= 11 is 0. The molecule has 0 bridgehead atoms. The van der Waals surface area contributed by atoms with E-state index in [4.69, 9.17) is 4.55 Å². The normalized spacial score (nSPS) is 14.4. The third-order valence-corrected chi connectivity index (χ3v) is 2.89. The maximum Gasteiger partial charge on any atom is 0.296 e. The molecule has 0 saturated carbocycles. The number of hydrogen-bond donors (Lipinski definition) is 2. The van der Waals surface area contributed by atoms with Gasteiger partial charge in [-0.2, -0.15) is 13.5 Å². The molecule has 0 aliphatic heterocycles. The first kappa shape index (κ1) is 11.2. The van der Waals surface area contributed by atoms with Gasteiger partial charge in [-0.1, -0.05) is 0 Å². The second-order valence-electron chi connectivity index (χ2n) is 3.08. The summed E-state index contributed by atoms with van der Waals surface area (Å²) in [7, 11) is -2.86. The maximum atomic E-state index is 10.7. The van der Waals surface area contributed by atoms with Gasteiger partial charge in [0, 0.05) is 18.3 Å². The third-order valence-electron chi connectivity index (χ3n) is 2.09. The summed E-state index contributed by atoms with van der Waals surface area (Å²) in [5, 5.41) is 13.3. The van der Waals surface area contributed by atoms with E-state index in [1.54, 1.807) is 20.9 Å². The van der Waals surface area contributed by atoms with Crippen LogP contribution in [0.15, 0.2) is 0 Å². The molecule has 0 aliphatic carbocycles. The van der Waals surface area contributed by atoms with Gasteiger partial charge in [0.1, 0.15) is 0 Å². The fourth-order valence-corrected chi connectivity index (χ4v) is 1.94. The second-order valence-corrected chi connectivity index (χ2v) is 4.55. The van der Waals surface area contributed by atoms with Crippen molar-refractivity contribution in [2.45, 2.75) is 19.3 Å². The van der Waals surface area contributed by atoms with Gasteiger partial charge in [0.05, 0.1) is 5.69 Å². The van der Waals surface area contributed by atoms with Gasteiger partial charge < -0.3 is 5.11 Å². The summed E-state index contributed by atoms with van der Waals surface area (Å²) < 4.78 is 31.6. The molecule has 7 heteroatoms. The van der Waals surface area contributed by atoms with E-state index in [2.05, 4.69) is 5.10 Å². The molecule has 14 heavy (non-hydrogen) atoms. The van der Waals surface area contributed by atoms with Crippen LogP contribution in [0.4, 0.5) is 0 Å². The summed E-state index contributed by atoms with van der Waals surface area (Å²) in [4.78, 5) is 0. The number of aryl methyl sites for hydroxylation is 2. The van der Waals surface area contributed by atoms with Gasteiger partial charge in [0.25, 0.3) is 10.1 Å². The Balaban J connectivity index is 3.33.